The average molecular weight is 118 g/mol. The lowest BCUT2D eigenvalue weighted by atomic mass is 10.5. The van der Waals surface area contributed by atoms with Crippen molar-refractivity contribution in [3.8, 4) is 0 Å². The smallest absolute Gasteiger partial charge is 0.0861 e. The lowest BCUT2D eigenvalue weighted by molar-refractivity contribution is 0.159. The van der Waals surface area contributed by atoms with Gasteiger partial charge in [0.25, 0.3) is 0 Å². The molecule has 0 aromatic carbocycles. The van der Waals surface area contributed by atoms with Crippen molar-refractivity contribution < 1.29 is 9.68 Å². The fraction of sp³-hybridized carbons (Fsp3) is 0.500. The second-order valence-electron chi connectivity index (χ2n) is 1.14. The Morgan fingerprint density at radius 3 is 1.62 bits per heavy atom. The second kappa shape index (κ2) is 6.58. The molecule has 0 atom stereocenters. The van der Waals surface area contributed by atoms with Crippen molar-refractivity contribution in [1.29, 1.82) is 0 Å². The molecule has 0 fully saturated rings. The molecule has 0 heterocycles. The summed E-state index contributed by atoms with van der Waals surface area (Å²) in [6.45, 7) is 0.784. The van der Waals surface area contributed by atoms with Gasteiger partial charge in [-0.1, -0.05) is 12.2 Å². The van der Waals surface area contributed by atoms with E-state index in [4.69, 9.17) is 0 Å². The van der Waals surface area contributed by atoms with Crippen LogP contribution in [-0.2, 0) is 9.68 Å². The van der Waals surface area contributed by atoms with Crippen LogP contribution < -0.4 is 11.8 Å². The summed E-state index contributed by atoms with van der Waals surface area (Å²) in [7, 11) is 0. The number of hydrogen-bond acceptors (Lipinski definition) is 4. The zero-order valence-corrected chi connectivity index (χ0v) is 4.54. The zero-order valence-electron chi connectivity index (χ0n) is 4.54. The highest BCUT2D eigenvalue weighted by Crippen LogP contribution is 1.71. The number of hydrogen-bond donors (Lipinski definition) is 2. The van der Waals surface area contributed by atoms with E-state index in [-0.39, 0.29) is 0 Å². The Balaban J connectivity index is 2.83. The highest BCUT2D eigenvalue weighted by Gasteiger charge is 1.71. The molecule has 0 saturated heterocycles. The molecule has 0 rings (SSSR count). The lowest BCUT2D eigenvalue weighted by Gasteiger charge is -1.86. The van der Waals surface area contributed by atoms with Crippen molar-refractivity contribution >= 4 is 0 Å². The Hall–Kier alpha value is -0.420. The van der Waals surface area contributed by atoms with Gasteiger partial charge in [-0.3, -0.25) is 0 Å². The molecule has 0 saturated carbocycles. The Bertz CT molecular complexity index is 57.1. The van der Waals surface area contributed by atoms with Crippen LogP contribution in [0, 0.1) is 0 Å². The molecular weight excluding hydrogens is 108 g/mol. The van der Waals surface area contributed by atoms with Crippen molar-refractivity contribution in [2.75, 3.05) is 13.2 Å². The third-order valence-corrected chi connectivity index (χ3v) is 0.552. The topological polar surface area (TPSA) is 70.5 Å². The maximum absolute atomic E-state index is 4.69. The van der Waals surface area contributed by atoms with Crippen molar-refractivity contribution in [2.24, 2.45) is 11.8 Å². The molecular formula is C4H10N2O2. The fourth-order valence-corrected chi connectivity index (χ4v) is 0.247. The fourth-order valence-electron chi connectivity index (χ4n) is 0.247. The Morgan fingerprint density at radius 1 is 1.00 bits per heavy atom. The maximum Gasteiger partial charge on any atom is 0.0861 e. The molecule has 4 heteroatoms. The predicted octanol–water partition coefficient (Wildman–Crippen LogP) is -0.677. The average Bonchev–Trinajstić information content (AvgIpc) is 1.81. The first-order valence-corrected chi connectivity index (χ1v) is 2.20. The maximum atomic E-state index is 4.69. The normalized spacial score (nSPS) is 10.8. The minimum atomic E-state index is 0.392. The van der Waals surface area contributed by atoms with Crippen LogP contribution in [0.4, 0.5) is 0 Å². The molecule has 8 heavy (non-hydrogen) atoms. The molecule has 48 valence electrons. The lowest BCUT2D eigenvalue weighted by Crippen LogP contribution is -2.00. The van der Waals surface area contributed by atoms with Gasteiger partial charge in [-0.25, -0.2) is 11.8 Å². The van der Waals surface area contributed by atoms with Gasteiger partial charge >= 0.3 is 0 Å². The van der Waals surface area contributed by atoms with E-state index in [0.717, 1.165) is 0 Å². The molecule has 0 radical (unpaired) electrons. The third-order valence-electron chi connectivity index (χ3n) is 0.552. The van der Waals surface area contributed by atoms with Gasteiger partial charge in [0.05, 0.1) is 13.2 Å². The second-order valence-corrected chi connectivity index (χ2v) is 1.14. The predicted molar refractivity (Wildman–Crippen MR) is 29.4 cm³/mol. The zero-order chi connectivity index (χ0) is 6.24. The van der Waals surface area contributed by atoms with E-state index in [2.05, 4.69) is 21.5 Å². The summed E-state index contributed by atoms with van der Waals surface area (Å²) in [6.07, 6.45) is 3.43. The minimum Gasteiger partial charge on any atom is -0.300 e. The summed E-state index contributed by atoms with van der Waals surface area (Å²) in [4.78, 5) is 8.41. The molecule has 4 N–H and O–H groups in total. The molecule has 4 nitrogen and oxygen atoms in total. The van der Waals surface area contributed by atoms with E-state index in [1.54, 1.807) is 12.2 Å². The number of nitrogens with two attached hydrogens (primary N) is 2. The van der Waals surface area contributed by atoms with E-state index in [1.165, 1.54) is 0 Å². The largest absolute Gasteiger partial charge is 0.300 e. The van der Waals surface area contributed by atoms with E-state index in [9.17, 15) is 0 Å². The van der Waals surface area contributed by atoms with Gasteiger partial charge in [0, 0.05) is 0 Å². The molecule has 0 aromatic rings. The first-order valence-electron chi connectivity index (χ1n) is 2.20. The standard InChI is InChI=1S/C4H10N2O2/c5-7-3-1-2-4-8-6/h1-2H,3-6H2. The van der Waals surface area contributed by atoms with Crippen LogP contribution in [0.3, 0.4) is 0 Å². The van der Waals surface area contributed by atoms with Gasteiger partial charge in [0.1, 0.15) is 0 Å². The van der Waals surface area contributed by atoms with Crippen LogP contribution in [0.25, 0.3) is 0 Å². The van der Waals surface area contributed by atoms with Crippen LogP contribution in [0.5, 0.6) is 0 Å². The SMILES string of the molecule is NOCC=CCON. The Morgan fingerprint density at radius 2 is 1.38 bits per heavy atom. The summed E-state index contributed by atoms with van der Waals surface area (Å²) in [5.41, 5.74) is 0. The molecule has 0 unspecified atom stereocenters. The van der Waals surface area contributed by atoms with Gasteiger partial charge in [-0.2, -0.15) is 0 Å². The van der Waals surface area contributed by atoms with Crippen LogP contribution >= 0.6 is 0 Å². The molecule has 0 aromatic heterocycles. The van der Waals surface area contributed by atoms with E-state index >= 15 is 0 Å². The van der Waals surface area contributed by atoms with Crippen molar-refractivity contribution in [3.05, 3.63) is 12.2 Å². The third kappa shape index (κ3) is 5.58. The van der Waals surface area contributed by atoms with Gasteiger partial charge in [-0.05, 0) is 0 Å². The molecule has 0 amide bonds. The van der Waals surface area contributed by atoms with Crippen molar-refractivity contribution in [3.63, 3.8) is 0 Å². The van der Waals surface area contributed by atoms with Crippen molar-refractivity contribution in [2.45, 2.75) is 0 Å². The van der Waals surface area contributed by atoms with Crippen LogP contribution in [0.1, 0.15) is 0 Å². The monoisotopic (exact) mass is 118 g/mol. The van der Waals surface area contributed by atoms with Gasteiger partial charge in [-0.15, -0.1) is 0 Å². The van der Waals surface area contributed by atoms with Crippen LogP contribution in [-0.4, -0.2) is 13.2 Å². The Labute approximate surface area is 48.0 Å². The molecule has 0 aliphatic rings. The highest BCUT2D eigenvalue weighted by atomic mass is 16.6. The van der Waals surface area contributed by atoms with E-state index in [1.807, 2.05) is 0 Å². The first kappa shape index (κ1) is 7.58. The van der Waals surface area contributed by atoms with Crippen molar-refractivity contribution in [1.82, 2.24) is 0 Å². The quantitative estimate of drug-likeness (QED) is 0.379. The molecule has 0 bridgehead atoms. The first-order chi connectivity index (χ1) is 3.91. The van der Waals surface area contributed by atoms with Gasteiger partial charge < -0.3 is 9.68 Å². The summed E-state index contributed by atoms with van der Waals surface area (Å²) >= 11 is 0. The minimum absolute atomic E-state index is 0.392. The van der Waals surface area contributed by atoms with Gasteiger partial charge in [0.2, 0.25) is 0 Å². The Kier molecular flexibility index (Phi) is 6.23. The number of rotatable bonds is 4. The summed E-state index contributed by atoms with van der Waals surface area (Å²) in [5.74, 6) is 9.37. The van der Waals surface area contributed by atoms with Gasteiger partial charge in [0.15, 0.2) is 0 Å². The molecule has 0 spiro atoms. The highest BCUT2D eigenvalue weighted by molar-refractivity contribution is 4.80. The van der Waals surface area contributed by atoms with Crippen LogP contribution in [0.2, 0.25) is 0 Å². The summed E-state index contributed by atoms with van der Waals surface area (Å²) in [5, 5.41) is 0. The van der Waals surface area contributed by atoms with E-state index < -0.39 is 0 Å². The van der Waals surface area contributed by atoms with E-state index in [0.29, 0.717) is 13.2 Å². The summed E-state index contributed by atoms with van der Waals surface area (Å²) < 4.78 is 0. The summed E-state index contributed by atoms with van der Waals surface area (Å²) in [6, 6.07) is 0. The molecule has 0 aliphatic heterocycles. The van der Waals surface area contributed by atoms with Crippen LogP contribution in [0.15, 0.2) is 12.2 Å². The molecule has 0 aliphatic carbocycles.